The topological polar surface area (TPSA) is 131 Å². The lowest BCUT2D eigenvalue weighted by molar-refractivity contribution is 0.102. The van der Waals surface area contributed by atoms with Crippen LogP contribution in [0.15, 0.2) is 79.0 Å². The molecule has 2 amide bonds. The highest BCUT2D eigenvalue weighted by atomic mass is 127. The Morgan fingerprint density at radius 2 is 1.71 bits per heavy atom. The van der Waals surface area contributed by atoms with E-state index in [1.54, 1.807) is 32.5 Å². The molecule has 1 atom stereocenters. The van der Waals surface area contributed by atoms with Crippen molar-refractivity contribution in [3.8, 4) is 22.8 Å². The minimum Gasteiger partial charge on any atom is -0.496 e. The molecule has 2 aromatic heterocycles. The number of likely N-dealkylation sites (tertiary alicyclic amines) is 1. The third kappa shape index (κ3) is 6.10. The Bertz CT molecular complexity index is 1840. The number of nitrogens with zero attached hydrogens (tertiary/aromatic N) is 4. The fraction of sp³-hybridized carbons (Fsp3) is 0.212. The van der Waals surface area contributed by atoms with Crippen LogP contribution in [0.1, 0.15) is 28.4 Å². The normalized spacial score (nSPS) is 14.4. The van der Waals surface area contributed by atoms with Crippen molar-refractivity contribution in [1.82, 2.24) is 19.7 Å². The molecule has 230 valence electrons. The molecule has 0 aliphatic carbocycles. The lowest BCUT2D eigenvalue weighted by Gasteiger charge is -2.16. The first-order valence-corrected chi connectivity index (χ1v) is 15.4. The van der Waals surface area contributed by atoms with Crippen molar-refractivity contribution in [3.05, 3.63) is 93.7 Å². The van der Waals surface area contributed by atoms with Gasteiger partial charge in [0, 0.05) is 42.6 Å². The summed E-state index contributed by atoms with van der Waals surface area (Å²) < 4.78 is 14.0. The molecule has 45 heavy (non-hydrogen) atoms. The molecular weight excluding hydrogens is 687 g/mol. The molecule has 6 rings (SSSR count). The molecule has 0 spiro atoms. The number of rotatable bonds is 9. The zero-order chi connectivity index (χ0) is 31.5. The number of fused-ring (bicyclic) bond motifs is 1. The molecule has 0 saturated carbocycles. The van der Waals surface area contributed by atoms with Crippen LogP contribution in [0.2, 0.25) is 0 Å². The fourth-order valence-corrected chi connectivity index (χ4v) is 6.28. The van der Waals surface area contributed by atoms with Gasteiger partial charge in [0.05, 0.1) is 40.3 Å². The molecule has 0 bridgehead atoms. The Labute approximate surface area is 273 Å². The van der Waals surface area contributed by atoms with Crippen LogP contribution in [0, 0.1) is 3.57 Å². The van der Waals surface area contributed by atoms with Gasteiger partial charge in [0.15, 0.2) is 0 Å². The molecule has 3 aromatic carbocycles. The van der Waals surface area contributed by atoms with Gasteiger partial charge in [-0.3, -0.25) is 9.48 Å². The molecule has 12 heteroatoms. The monoisotopic (exact) mass is 718 g/mol. The number of halogens is 1. The molecule has 3 heterocycles. The summed E-state index contributed by atoms with van der Waals surface area (Å²) in [4.78, 5) is 30.9. The van der Waals surface area contributed by atoms with Crippen molar-refractivity contribution in [2.45, 2.75) is 19.0 Å². The van der Waals surface area contributed by atoms with Crippen LogP contribution in [0.5, 0.6) is 11.5 Å². The minimum atomic E-state index is -0.942. The van der Waals surface area contributed by atoms with Crippen molar-refractivity contribution in [2.75, 3.05) is 37.9 Å². The largest absolute Gasteiger partial charge is 0.496 e. The summed E-state index contributed by atoms with van der Waals surface area (Å²) in [5, 5.41) is 21.9. The second kappa shape index (κ2) is 13.0. The van der Waals surface area contributed by atoms with Crippen LogP contribution in [0.3, 0.4) is 0 Å². The van der Waals surface area contributed by atoms with E-state index in [1.807, 2.05) is 65.3 Å². The van der Waals surface area contributed by atoms with Crippen molar-refractivity contribution in [3.63, 3.8) is 0 Å². The number of para-hydroxylation sites is 1. The number of benzene rings is 3. The van der Waals surface area contributed by atoms with Crippen LogP contribution >= 0.6 is 22.6 Å². The number of hydrogen-bond acceptors (Lipinski definition) is 7. The standard InChI is InChI=1S/C33H31IN6O5/c1-44-26-9-6-10-27(45-2)24(26)17-35-31-28-29(20-11-13-21(14-12-20)32(41)37-22-7-4-3-5-8-22)38-40(30(28)25(34)18-36-31)23-15-16-39(19-23)33(42)43/h3-14,18,23H,15-17,19H2,1-2H3,(H,35,36)(H,37,41)(H,42,43)/t23-/m0/s1. The summed E-state index contributed by atoms with van der Waals surface area (Å²) in [6, 6.07) is 22.1. The van der Waals surface area contributed by atoms with Crippen molar-refractivity contribution in [2.24, 2.45) is 0 Å². The first kappa shape index (κ1) is 30.2. The number of amides is 2. The molecule has 3 N–H and O–H groups in total. The average Bonchev–Trinajstić information content (AvgIpc) is 3.72. The number of aromatic nitrogens is 3. The van der Waals surface area contributed by atoms with Crippen molar-refractivity contribution < 1.29 is 24.2 Å². The van der Waals surface area contributed by atoms with Gasteiger partial charge >= 0.3 is 6.09 Å². The lowest BCUT2D eigenvalue weighted by Crippen LogP contribution is -2.27. The van der Waals surface area contributed by atoms with Gasteiger partial charge in [-0.15, -0.1) is 0 Å². The molecule has 1 aliphatic rings. The van der Waals surface area contributed by atoms with Gasteiger partial charge in [0.25, 0.3) is 5.91 Å². The Kier molecular flexibility index (Phi) is 8.74. The van der Waals surface area contributed by atoms with E-state index in [0.717, 1.165) is 25.6 Å². The maximum absolute atomic E-state index is 12.9. The van der Waals surface area contributed by atoms with E-state index >= 15 is 0 Å². The molecule has 0 unspecified atom stereocenters. The van der Waals surface area contributed by atoms with Crippen LogP contribution in [0.25, 0.3) is 22.2 Å². The molecule has 11 nitrogen and oxygen atoms in total. The zero-order valence-electron chi connectivity index (χ0n) is 24.7. The highest BCUT2D eigenvalue weighted by Gasteiger charge is 2.31. The molecule has 1 aliphatic heterocycles. The number of ether oxygens (including phenoxy) is 2. The Morgan fingerprint density at radius 3 is 2.36 bits per heavy atom. The Hall–Kier alpha value is -4.85. The maximum atomic E-state index is 12.9. The second-order valence-electron chi connectivity index (χ2n) is 10.5. The minimum absolute atomic E-state index is 0.147. The van der Waals surface area contributed by atoms with Crippen LogP contribution < -0.4 is 20.1 Å². The molecule has 1 saturated heterocycles. The number of carbonyl (C=O) groups is 2. The van der Waals surface area contributed by atoms with E-state index in [2.05, 4.69) is 33.2 Å². The summed E-state index contributed by atoms with van der Waals surface area (Å²) in [6.45, 7) is 1.14. The molecule has 1 fully saturated rings. The number of anilines is 2. The lowest BCUT2D eigenvalue weighted by atomic mass is 10.1. The summed E-state index contributed by atoms with van der Waals surface area (Å²) in [6.07, 6.45) is 1.48. The van der Waals surface area contributed by atoms with Gasteiger partial charge in [-0.2, -0.15) is 5.10 Å². The van der Waals surface area contributed by atoms with E-state index in [9.17, 15) is 14.7 Å². The van der Waals surface area contributed by atoms with Gasteiger partial charge in [-0.05, 0) is 65.4 Å². The van der Waals surface area contributed by atoms with Gasteiger partial charge in [0.2, 0.25) is 0 Å². The maximum Gasteiger partial charge on any atom is 0.407 e. The Balaban J connectivity index is 1.41. The molecular formula is C33H31IN6O5. The summed E-state index contributed by atoms with van der Waals surface area (Å²) in [7, 11) is 3.24. The van der Waals surface area contributed by atoms with Crippen LogP contribution in [0.4, 0.5) is 16.3 Å². The zero-order valence-corrected chi connectivity index (χ0v) is 26.8. The number of methoxy groups -OCH3 is 2. The number of pyridine rings is 1. The van der Waals surface area contributed by atoms with Gasteiger partial charge in [-0.1, -0.05) is 36.4 Å². The first-order chi connectivity index (χ1) is 21.9. The summed E-state index contributed by atoms with van der Waals surface area (Å²) in [5.74, 6) is 1.76. The van der Waals surface area contributed by atoms with E-state index in [-0.39, 0.29) is 11.9 Å². The fourth-order valence-electron chi connectivity index (χ4n) is 5.63. The van der Waals surface area contributed by atoms with Gasteiger partial charge in [0.1, 0.15) is 23.0 Å². The summed E-state index contributed by atoms with van der Waals surface area (Å²) in [5.41, 5.74) is 4.39. The predicted molar refractivity (Wildman–Crippen MR) is 180 cm³/mol. The average molecular weight is 719 g/mol. The third-order valence-corrected chi connectivity index (χ3v) is 8.66. The van der Waals surface area contributed by atoms with Crippen LogP contribution in [-0.4, -0.2) is 64.1 Å². The SMILES string of the molecule is COc1cccc(OC)c1CNc1ncc(I)c2c1c(-c1ccc(C(=O)Nc3ccccc3)cc1)nn2[C@H]1CCN(C(=O)O)C1. The van der Waals surface area contributed by atoms with Gasteiger partial charge in [-0.25, -0.2) is 9.78 Å². The number of hydrogen-bond donors (Lipinski definition) is 3. The number of carbonyl (C=O) groups excluding carboxylic acids is 1. The highest BCUT2D eigenvalue weighted by Crippen LogP contribution is 2.39. The van der Waals surface area contributed by atoms with Crippen LogP contribution in [-0.2, 0) is 6.54 Å². The first-order valence-electron chi connectivity index (χ1n) is 14.3. The predicted octanol–water partition coefficient (Wildman–Crippen LogP) is 6.51. The van der Waals surface area contributed by atoms with Gasteiger partial charge < -0.3 is 30.1 Å². The van der Waals surface area contributed by atoms with E-state index in [1.165, 1.54) is 4.90 Å². The second-order valence-corrected chi connectivity index (χ2v) is 11.7. The van der Waals surface area contributed by atoms with Crippen molar-refractivity contribution in [1.29, 1.82) is 0 Å². The number of carboxylic acid groups (broad SMARTS) is 1. The van der Waals surface area contributed by atoms with E-state index < -0.39 is 6.09 Å². The van der Waals surface area contributed by atoms with E-state index in [4.69, 9.17) is 19.6 Å². The molecule has 0 radical (unpaired) electrons. The van der Waals surface area contributed by atoms with E-state index in [0.29, 0.717) is 60.3 Å². The number of nitrogens with one attached hydrogen (secondary N) is 2. The Morgan fingerprint density at radius 1 is 1.00 bits per heavy atom. The summed E-state index contributed by atoms with van der Waals surface area (Å²) >= 11 is 2.25. The highest BCUT2D eigenvalue weighted by molar-refractivity contribution is 14.1. The quantitative estimate of drug-likeness (QED) is 0.147. The smallest absolute Gasteiger partial charge is 0.407 e. The van der Waals surface area contributed by atoms with Crippen molar-refractivity contribution >= 4 is 57.0 Å². The third-order valence-electron chi connectivity index (χ3n) is 7.87. The molecule has 5 aromatic rings.